The Morgan fingerprint density at radius 2 is 2.05 bits per heavy atom. The summed E-state index contributed by atoms with van der Waals surface area (Å²) in [4.78, 5) is 4.36. The molecule has 1 heterocycles. The maximum Gasteiger partial charge on any atom is 0.242 e. The van der Waals surface area contributed by atoms with Crippen molar-refractivity contribution in [2.45, 2.75) is 44.4 Å². The maximum absolute atomic E-state index is 12.2. The number of rotatable bonds is 8. The lowest BCUT2D eigenvalue weighted by Crippen LogP contribution is -2.30. The van der Waals surface area contributed by atoms with Gasteiger partial charge in [-0.1, -0.05) is 13.8 Å². The predicted molar refractivity (Wildman–Crippen MR) is 80.2 cm³/mol. The molecule has 2 rings (SSSR count). The third-order valence-electron chi connectivity index (χ3n) is 3.95. The van der Waals surface area contributed by atoms with Crippen LogP contribution in [-0.2, 0) is 10.0 Å². The van der Waals surface area contributed by atoms with Crippen molar-refractivity contribution in [2.75, 3.05) is 18.4 Å². The number of nitrogens with zero attached hydrogens (tertiary/aromatic N) is 1. The van der Waals surface area contributed by atoms with Crippen LogP contribution >= 0.6 is 0 Å². The van der Waals surface area contributed by atoms with E-state index in [2.05, 4.69) is 28.9 Å². The highest BCUT2D eigenvalue weighted by Gasteiger charge is 2.41. The van der Waals surface area contributed by atoms with Crippen molar-refractivity contribution in [2.24, 2.45) is 5.41 Å². The molecule has 0 unspecified atom stereocenters. The van der Waals surface area contributed by atoms with Gasteiger partial charge in [0.05, 0.1) is 0 Å². The van der Waals surface area contributed by atoms with Crippen LogP contribution in [-0.4, -0.2) is 26.5 Å². The van der Waals surface area contributed by atoms with E-state index in [1.807, 2.05) is 0 Å². The van der Waals surface area contributed by atoms with E-state index in [1.165, 1.54) is 6.20 Å². The molecule has 0 radical (unpaired) electrons. The molecule has 0 atom stereocenters. The van der Waals surface area contributed by atoms with Crippen molar-refractivity contribution < 1.29 is 8.42 Å². The van der Waals surface area contributed by atoms with Crippen LogP contribution in [0.15, 0.2) is 23.2 Å². The molecule has 112 valence electrons. The van der Waals surface area contributed by atoms with Gasteiger partial charge in [-0.2, -0.15) is 0 Å². The molecule has 1 aliphatic carbocycles. The lowest BCUT2D eigenvalue weighted by atomic mass is 10.1. The average molecular weight is 297 g/mol. The van der Waals surface area contributed by atoms with Crippen LogP contribution in [0.25, 0.3) is 0 Å². The normalized spacial score (nSPS) is 16.9. The number of aromatic nitrogens is 1. The minimum absolute atomic E-state index is 0.198. The minimum atomic E-state index is -3.44. The summed E-state index contributed by atoms with van der Waals surface area (Å²) < 4.78 is 27.1. The molecule has 1 fully saturated rings. The Kier molecular flexibility index (Phi) is 4.65. The first-order chi connectivity index (χ1) is 9.51. The summed E-state index contributed by atoms with van der Waals surface area (Å²) in [5.41, 5.74) is 0.198. The Hall–Kier alpha value is -1.14. The van der Waals surface area contributed by atoms with Gasteiger partial charge in [0.2, 0.25) is 10.0 Å². The molecule has 5 nitrogen and oxygen atoms in total. The van der Waals surface area contributed by atoms with Crippen LogP contribution in [0.5, 0.6) is 0 Å². The third kappa shape index (κ3) is 3.70. The number of pyridine rings is 1. The fourth-order valence-corrected chi connectivity index (χ4v) is 3.16. The number of hydrogen-bond acceptors (Lipinski definition) is 4. The quantitative estimate of drug-likeness (QED) is 0.773. The van der Waals surface area contributed by atoms with Crippen LogP contribution in [0, 0.1) is 5.41 Å². The summed E-state index contributed by atoms with van der Waals surface area (Å²) in [6.45, 7) is 5.53. The largest absolute Gasteiger partial charge is 0.370 e. The highest BCUT2D eigenvalue weighted by molar-refractivity contribution is 7.89. The summed E-state index contributed by atoms with van der Waals surface area (Å²) in [6.07, 6.45) is 5.66. The average Bonchev–Trinajstić information content (AvgIpc) is 3.24. The van der Waals surface area contributed by atoms with Crippen molar-refractivity contribution in [3.63, 3.8) is 0 Å². The zero-order chi connectivity index (χ0) is 14.6. The van der Waals surface area contributed by atoms with Crippen LogP contribution in [0.2, 0.25) is 0 Å². The fraction of sp³-hybridized carbons (Fsp3) is 0.643. The maximum atomic E-state index is 12.2. The van der Waals surface area contributed by atoms with Gasteiger partial charge in [0.15, 0.2) is 0 Å². The zero-order valence-corrected chi connectivity index (χ0v) is 13.0. The summed E-state index contributed by atoms with van der Waals surface area (Å²) in [5.74, 6) is 0.707. The molecular formula is C14H23N3O2S. The Bertz CT molecular complexity index is 536. The minimum Gasteiger partial charge on any atom is -0.370 e. The van der Waals surface area contributed by atoms with E-state index in [0.717, 1.165) is 32.2 Å². The highest BCUT2D eigenvalue weighted by Crippen LogP contribution is 2.48. The van der Waals surface area contributed by atoms with Gasteiger partial charge >= 0.3 is 0 Å². The molecule has 1 aliphatic rings. The van der Waals surface area contributed by atoms with E-state index in [9.17, 15) is 8.42 Å². The molecule has 0 saturated heterocycles. The molecule has 2 N–H and O–H groups in total. The molecule has 0 bridgehead atoms. The van der Waals surface area contributed by atoms with Gasteiger partial charge in [0.25, 0.3) is 0 Å². The van der Waals surface area contributed by atoms with Gasteiger partial charge in [-0.15, -0.1) is 0 Å². The zero-order valence-electron chi connectivity index (χ0n) is 12.1. The summed E-state index contributed by atoms with van der Waals surface area (Å²) in [6, 6.07) is 3.30. The van der Waals surface area contributed by atoms with Crippen LogP contribution in [0.3, 0.4) is 0 Å². The molecule has 1 saturated carbocycles. The summed E-state index contributed by atoms with van der Waals surface area (Å²) >= 11 is 0. The molecule has 0 aliphatic heterocycles. The van der Waals surface area contributed by atoms with Crippen LogP contribution in [0.4, 0.5) is 5.82 Å². The second-order valence-electron chi connectivity index (χ2n) is 5.48. The van der Waals surface area contributed by atoms with E-state index in [4.69, 9.17) is 0 Å². The van der Waals surface area contributed by atoms with Gasteiger partial charge < -0.3 is 5.32 Å². The Labute approximate surface area is 121 Å². The second-order valence-corrected chi connectivity index (χ2v) is 7.25. The SMILES string of the molecule is CCCNc1ccc(S(=O)(=O)NCC2(CC)CC2)cn1. The molecule has 0 amide bonds. The second kappa shape index (κ2) is 6.10. The first kappa shape index (κ1) is 15.3. The Morgan fingerprint density at radius 3 is 2.55 bits per heavy atom. The number of anilines is 1. The van der Waals surface area contributed by atoms with E-state index in [-0.39, 0.29) is 10.3 Å². The monoisotopic (exact) mass is 297 g/mol. The van der Waals surface area contributed by atoms with Crippen LogP contribution in [0.1, 0.15) is 39.5 Å². The highest BCUT2D eigenvalue weighted by atomic mass is 32.2. The number of nitrogens with one attached hydrogen (secondary N) is 2. The predicted octanol–water partition coefficient (Wildman–Crippen LogP) is 2.37. The van der Waals surface area contributed by atoms with Crippen molar-refractivity contribution >= 4 is 15.8 Å². The standard InChI is InChI=1S/C14H23N3O2S/c1-3-9-15-13-6-5-12(10-16-13)20(18,19)17-11-14(4-2)7-8-14/h5-6,10,17H,3-4,7-9,11H2,1-2H3,(H,15,16). The Morgan fingerprint density at radius 1 is 1.30 bits per heavy atom. The summed E-state index contributed by atoms with van der Waals surface area (Å²) in [5, 5.41) is 3.12. The van der Waals surface area contributed by atoms with Gasteiger partial charge in [0.1, 0.15) is 10.7 Å². The van der Waals surface area contributed by atoms with Crippen molar-refractivity contribution in [1.82, 2.24) is 9.71 Å². The lowest BCUT2D eigenvalue weighted by molar-refractivity contribution is 0.475. The van der Waals surface area contributed by atoms with E-state index in [0.29, 0.717) is 12.4 Å². The fourth-order valence-electron chi connectivity index (χ4n) is 2.06. The molecule has 6 heteroatoms. The van der Waals surface area contributed by atoms with Crippen molar-refractivity contribution in [3.05, 3.63) is 18.3 Å². The van der Waals surface area contributed by atoms with Crippen molar-refractivity contribution in [3.8, 4) is 0 Å². The van der Waals surface area contributed by atoms with Gasteiger partial charge in [0, 0.05) is 19.3 Å². The van der Waals surface area contributed by atoms with E-state index >= 15 is 0 Å². The molecule has 20 heavy (non-hydrogen) atoms. The first-order valence-corrected chi connectivity index (χ1v) is 8.69. The Balaban J connectivity index is 1.98. The molecule has 1 aromatic rings. The van der Waals surface area contributed by atoms with Gasteiger partial charge in [-0.05, 0) is 43.2 Å². The van der Waals surface area contributed by atoms with E-state index in [1.54, 1.807) is 12.1 Å². The summed E-state index contributed by atoms with van der Waals surface area (Å²) in [7, 11) is -3.44. The molecule has 1 aromatic heterocycles. The number of sulfonamides is 1. The smallest absolute Gasteiger partial charge is 0.242 e. The molecular weight excluding hydrogens is 274 g/mol. The third-order valence-corrected chi connectivity index (χ3v) is 5.33. The number of hydrogen-bond donors (Lipinski definition) is 2. The first-order valence-electron chi connectivity index (χ1n) is 7.21. The van der Waals surface area contributed by atoms with Crippen molar-refractivity contribution in [1.29, 1.82) is 0 Å². The van der Waals surface area contributed by atoms with Gasteiger partial charge in [-0.3, -0.25) is 0 Å². The molecule has 0 aromatic carbocycles. The molecule has 0 spiro atoms. The topological polar surface area (TPSA) is 71.1 Å². The lowest BCUT2D eigenvalue weighted by Gasteiger charge is -2.13. The van der Waals surface area contributed by atoms with Gasteiger partial charge in [-0.25, -0.2) is 18.1 Å². The van der Waals surface area contributed by atoms with E-state index < -0.39 is 10.0 Å². The van der Waals surface area contributed by atoms with Crippen LogP contribution < -0.4 is 10.0 Å².